The van der Waals surface area contributed by atoms with Gasteiger partial charge in [0, 0.05) is 11.4 Å². The summed E-state index contributed by atoms with van der Waals surface area (Å²) in [5.41, 5.74) is 5.88. The quantitative estimate of drug-likeness (QED) is 0.366. The number of oxime groups is 1. The molecule has 0 aliphatic heterocycles. The topological polar surface area (TPSA) is 103 Å². The number of halogens is 1. The predicted octanol–water partition coefficient (Wildman–Crippen LogP) is 2.61. The summed E-state index contributed by atoms with van der Waals surface area (Å²) in [7, 11) is 0. The van der Waals surface area contributed by atoms with Crippen molar-refractivity contribution in [3.63, 3.8) is 0 Å². The molecule has 132 valence electrons. The van der Waals surface area contributed by atoms with Gasteiger partial charge in [-0.25, -0.2) is 9.59 Å². The number of nitrogens with one attached hydrogen (secondary N) is 1. The standard InChI is InChI=1S/C16H22ClN3O4/c1-10(19-15(22)23-16(2,3)4)14(21)24-20-13(18)9-11-6-5-7-12(17)8-11/h5-8,10H,9H2,1-4H3,(H2,18,20)(H,19,22)/t10-/m0/s1. The van der Waals surface area contributed by atoms with E-state index in [2.05, 4.69) is 10.5 Å². The maximum Gasteiger partial charge on any atom is 0.408 e. The summed E-state index contributed by atoms with van der Waals surface area (Å²) in [4.78, 5) is 28.1. The van der Waals surface area contributed by atoms with Gasteiger partial charge in [-0.15, -0.1) is 0 Å². The molecule has 0 aliphatic rings. The maximum absolute atomic E-state index is 11.8. The Labute approximate surface area is 146 Å². The Hall–Kier alpha value is -2.28. The van der Waals surface area contributed by atoms with Crippen LogP contribution in [0, 0.1) is 0 Å². The fourth-order valence-electron chi connectivity index (χ4n) is 1.61. The average Bonchev–Trinajstić information content (AvgIpc) is 2.42. The molecule has 7 nitrogen and oxygen atoms in total. The molecule has 1 atom stereocenters. The van der Waals surface area contributed by atoms with Crippen LogP contribution in [0.3, 0.4) is 0 Å². The molecule has 1 aromatic rings. The molecule has 0 unspecified atom stereocenters. The zero-order valence-electron chi connectivity index (χ0n) is 14.1. The molecular formula is C16H22ClN3O4. The Morgan fingerprint density at radius 2 is 2.04 bits per heavy atom. The first-order valence-corrected chi connectivity index (χ1v) is 7.72. The fourth-order valence-corrected chi connectivity index (χ4v) is 1.83. The van der Waals surface area contributed by atoms with Crippen LogP contribution in [0.1, 0.15) is 33.3 Å². The van der Waals surface area contributed by atoms with Gasteiger partial charge in [0.05, 0.1) is 0 Å². The van der Waals surface area contributed by atoms with Crippen LogP contribution in [0.15, 0.2) is 29.4 Å². The minimum atomic E-state index is -0.928. The van der Waals surface area contributed by atoms with Crippen LogP contribution >= 0.6 is 11.6 Å². The lowest BCUT2D eigenvalue weighted by Crippen LogP contribution is -2.42. The van der Waals surface area contributed by atoms with Gasteiger partial charge in [0.25, 0.3) is 0 Å². The van der Waals surface area contributed by atoms with E-state index in [4.69, 9.17) is 26.9 Å². The van der Waals surface area contributed by atoms with E-state index < -0.39 is 23.7 Å². The maximum atomic E-state index is 11.8. The Morgan fingerprint density at radius 1 is 1.38 bits per heavy atom. The highest BCUT2D eigenvalue weighted by Crippen LogP contribution is 2.11. The van der Waals surface area contributed by atoms with E-state index in [0.29, 0.717) is 5.02 Å². The third-order valence-corrected chi connectivity index (χ3v) is 2.85. The van der Waals surface area contributed by atoms with Gasteiger partial charge < -0.3 is 20.6 Å². The largest absolute Gasteiger partial charge is 0.444 e. The molecular weight excluding hydrogens is 334 g/mol. The minimum absolute atomic E-state index is 0.107. The van der Waals surface area contributed by atoms with Crippen LogP contribution < -0.4 is 11.1 Å². The van der Waals surface area contributed by atoms with Crippen LogP contribution in [0.2, 0.25) is 5.02 Å². The van der Waals surface area contributed by atoms with Crippen molar-refractivity contribution in [1.29, 1.82) is 0 Å². The molecule has 0 spiro atoms. The molecule has 1 amide bonds. The number of amides is 1. The normalized spacial score (nSPS) is 13.1. The minimum Gasteiger partial charge on any atom is -0.444 e. The van der Waals surface area contributed by atoms with Crippen LogP contribution in [0.5, 0.6) is 0 Å². The molecule has 0 heterocycles. The summed E-state index contributed by atoms with van der Waals surface area (Å²) >= 11 is 5.87. The first kappa shape index (κ1) is 19.8. The second-order valence-electron chi connectivity index (χ2n) is 6.17. The highest BCUT2D eigenvalue weighted by molar-refractivity contribution is 6.30. The van der Waals surface area contributed by atoms with Gasteiger partial charge in [-0.1, -0.05) is 28.9 Å². The van der Waals surface area contributed by atoms with E-state index in [1.165, 1.54) is 6.92 Å². The van der Waals surface area contributed by atoms with Gasteiger partial charge in [0.1, 0.15) is 17.5 Å². The summed E-state index contributed by atoms with van der Waals surface area (Å²) in [6.45, 7) is 6.61. The number of nitrogens with two attached hydrogens (primary N) is 1. The van der Waals surface area contributed by atoms with E-state index in [1.54, 1.807) is 39.0 Å². The van der Waals surface area contributed by atoms with Crippen LogP contribution in [0.25, 0.3) is 0 Å². The van der Waals surface area contributed by atoms with Crippen molar-refractivity contribution in [2.45, 2.75) is 45.8 Å². The van der Waals surface area contributed by atoms with E-state index in [-0.39, 0.29) is 12.3 Å². The Bertz CT molecular complexity index is 626. The predicted molar refractivity (Wildman–Crippen MR) is 91.7 cm³/mol. The molecule has 0 aliphatic carbocycles. The molecule has 0 bridgehead atoms. The summed E-state index contributed by atoms with van der Waals surface area (Å²) in [6, 6.07) is 6.15. The lowest BCUT2D eigenvalue weighted by Gasteiger charge is -2.20. The molecule has 8 heteroatoms. The molecule has 0 fully saturated rings. The van der Waals surface area contributed by atoms with Crippen molar-refractivity contribution < 1.29 is 19.2 Å². The zero-order valence-corrected chi connectivity index (χ0v) is 14.9. The van der Waals surface area contributed by atoms with Gasteiger partial charge in [0.2, 0.25) is 0 Å². The summed E-state index contributed by atoms with van der Waals surface area (Å²) < 4.78 is 5.04. The summed E-state index contributed by atoms with van der Waals surface area (Å²) in [5, 5.41) is 6.49. The van der Waals surface area contributed by atoms with Gasteiger partial charge in [-0.05, 0) is 45.4 Å². The first-order chi connectivity index (χ1) is 11.1. The summed E-state index contributed by atoms with van der Waals surface area (Å²) in [5.74, 6) is -0.648. The molecule has 1 rings (SSSR count). The van der Waals surface area contributed by atoms with Crippen molar-refractivity contribution in [2.24, 2.45) is 10.9 Å². The lowest BCUT2D eigenvalue weighted by atomic mass is 10.1. The van der Waals surface area contributed by atoms with Gasteiger partial charge in [-0.2, -0.15) is 0 Å². The van der Waals surface area contributed by atoms with Crippen molar-refractivity contribution >= 4 is 29.5 Å². The highest BCUT2D eigenvalue weighted by Gasteiger charge is 2.22. The number of ether oxygens (including phenoxy) is 1. The van der Waals surface area contributed by atoms with E-state index in [1.807, 2.05) is 6.07 Å². The average molecular weight is 356 g/mol. The number of benzene rings is 1. The number of amidine groups is 1. The molecule has 0 saturated carbocycles. The van der Waals surface area contributed by atoms with Gasteiger partial charge >= 0.3 is 12.1 Å². The van der Waals surface area contributed by atoms with E-state index >= 15 is 0 Å². The number of rotatable bonds is 5. The monoisotopic (exact) mass is 355 g/mol. The number of carbonyl (C=O) groups is 2. The number of nitrogens with zero attached hydrogens (tertiary/aromatic N) is 1. The van der Waals surface area contributed by atoms with Crippen LogP contribution in [0.4, 0.5) is 4.79 Å². The number of hydrogen-bond acceptors (Lipinski definition) is 5. The SMILES string of the molecule is C[C@H](NC(=O)OC(C)(C)C)C(=O)O/N=C(\N)Cc1cccc(Cl)c1. The molecule has 1 aromatic carbocycles. The number of carbonyl (C=O) groups excluding carboxylic acids is 2. The Kier molecular flexibility index (Phi) is 7.03. The molecule has 0 saturated heterocycles. The summed E-state index contributed by atoms with van der Waals surface area (Å²) in [6.07, 6.45) is -0.440. The number of hydrogen-bond donors (Lipinski definition) is 2. The molecule has 3 N–H and O–H groups in total. The second kappa shape index (κ2) is 8.54. The number of alkyl carbamates (subject to hydrolysis) is 1. The smallest absolute Gasteiger partial charge is 0.408 e. The second-order valence-corrected chi connectivity index (χ2v) is 6.60. The van der Waals surface area contributed by atoms with E-state index in [9.17, 15) is 9.59 Å². The third kappa shape index (κ3) is 7.82. The molecule has 24 heavy (non-hydrogen) atoms. The van der Waals surface area contributed by atoms with Crippen LogP contribution in [-0.4, -0.2) is 29.5 Å². The van der Waals surface area contributed by atoms with Crippen molar-refractivity contribution in [3.8, 4) is 0 Å². The Balaban J connectivity index is 2.50. The van der Waals surface area contributed by atoms with Crippen molar-refractivity contribution in [3.05, 3.63) is 34.9 Å². The Morgan fingerprint density at radius 3 is 2.62 bits per heavy atom. The third-order valence-electron chi connectivity index (χ3n) is 2.61. The van der Waals surface area contributed by atoms with Gasteiger partial charge in [0.15, 0.2) is 0 Å². The van der Waals surface area contributed by atoms with Crippen molar-refractivity contribution in [2.75, 3.05) is 0 Å². The highest BCUT2D eigenvalue weighted by atomic mass is 35.5. The molecule has 0 radical (unpaired) electrons. The van der Waals surface area contributed by atoms with Crippen LogP contribution in [-0.2, 0) is 20.8 Å². The lowest BCUT2D eigenvalue weighted by molar-refractivity contribution is -0.145. The fraction of sp³-hybridized carbons (Fsp3) is 0.438. The van der Waals surface area contributed by atoms with E-state index in [0.717, 1.165) is 5.56 Å². The molecule has 0 aromatic heterocycles. The van der Waals surface area contributed by atoms with Gasteiger partial charge in [-0.3, -0.25) is 0 Å². The zero-order chi connectivity index (χ0) is 18.3. The van der Waals surface area contributed by atoms with Crippen molar-refractivity contribution in [1.82, 2.24) is 5.32 Å². The first-order valence-electron chi connectivity index (χ1n) is 7.34.